The molecule has 3 heterocycles. The predicted octanol–water partition coefficient (Wildman–Crippen LogP) is 1.72. The molecule has 168 valence electrons. The monoisotopic (exact) mass is 447 g/mol. The summed E-state index contributed by atoms with van der Waals surface area (Å²) >= 11 is 0. The molecule has 0 bridgehead atoms. The molecule has 1 atom stereocenters. The molecule has 9 heteroatoms. The summed E-state index contributed by atoms with van der Waals surface area (Å²) in [7, 11) is -3.87. The lowest BCUT2D eigenvalue weighted by molar-refractivity contribution is -0.132. The second kappa shape index (κ2) is 9.40. The molecule has 2 aromatic rings. The number of rotatable bonds is 7. The Hall–Kier alpha value is -2.39. The number of ether oxygens (including phenoxy) is 1. The third-order valence-corrected chi connectivity index (χ3v) is 7.61. The Labute approximate surface area is 182 Å². The molecule has 2 amide bonds. The topological polar surface area (TPSA) is 97.7 Å². The van der Waals surface area contributed by atoms with Gasteiger partial charge in [0.05, 0.1) is 11.0 Å². The van der Waals surface area contributed by atoms with E-state index in [4.69, 9.17) is 4.74 Å². The number of fused-ring (bicyclic) bond motifs is 1. The van der Waals surface area contributed by atoms with Crippen molar-refractivity contribution in [3.8, 4) is 0 Å². The quantitative estimate of drug-likeness (QED) is 0.697. The van der Waals surface area contributed by atoms with E-state index >= 15 is 0 Å². The second-order valence-electron chi connectivity index (χ2n) is 8.28. The molecule has 8 nitrogen and oxygen atoms in total. The number of nitrogens with one attached hydrogen (secondary N) is 1. The lowest BCUT2D eigenvalue weighted by atomic mass is 10.1. The lowest BCUT2D eigenvalue weighted by Gasteiger charge is -2.27. The van der Waals surface area contributed by atoms with E-state index in [1.807, 2.05) is 11.0 Å². The first-order valence-electron chi connectivity index (χ1n) is 10.9. The third kappa shape index (κ3) is 5.10. The van der Waals surface area contributed by atoms with Crippen LogP contribution in [0.4, 0.5) is 0 Å². The van der Waals surface area contributed by atoms with Crippen LogP contribution in [-0.4, -0.2) is 67.8 Å². The second-order valence-corrected chi connectivity index (χ2v) is 10.2. The zero-order chi connectivity index (χ0) is 21.8. The molecule has 2 aliphatic heterocycles. The van der Waals surface area contributed by atoms with E-state index in [0.717, 1.165) is 45.2 Å². The highest BCUT2D eigenvalue weighted by molar-refractivity contribution is 7.92. The summed E-state index contributed by atoms with van der Waals surface area (Å²) in [5.41, 5.74) is 0.672. The van der Waals surface area contributed by atoms with Gasteiger partial charge < -0.3 is 19.5 Å². The average molecular weight is 448 g/mol. The summed E-state index contributed by atoms with van der Waals surface area (Å²) in [4.78, 5) is 27.0. The average Bonchev–Trinajstić information content (AvgIpc) is 3.41. The van der Waals surface area contributed by atoms with Crippen molar-refractivity contribution in [3.63, 3.8) is 0 Å². The maximum absolute atomic E-state index is 13.1. The van der Waals surface area contributed by atoms with Gasteiger partial charge in [0, 0.05) is 43.3 Å². The molecule has 1 aromatic heterocycles. The zero-order valence-corrected chi connectivity index (χ0v) is 18.4. The van der Waals surface area contributed by atoms with E-state index in [0.29, 0.717) is 24.1 Å². The first kappa shape index (κ1) is 21.8. The van der Waals surface area contributed by atoms with Gasteiger partial charge in [0.15, 0.2) is 9.84 Å². The SMILES string of the molecule is O=C(CS(=O)(=O)c1cn(CC(=O)N2CCCCC2)c2ccccc12)NCC1CCCO1. The fourth-order valence-electron chi connectivity index (χ4n) is 4.32. The molecule has 0 spiro atoms. The van der Waals surface area contributed by atoms with Crippen LogP contribution >= 0.6 is 0 Å². The summed E-state index contributed by atoms with van der Waals surface area (Å²) in [5.74, 6) is -1.19. The Morgan fingerprint density at radius 2 is 1.87 bits per heavy atom. The summed E-state index contributed by atoms with van der Waals surface area (Å²) in [6, 6.07) is 7.09. The molecule has 2 fully saturated rings. The molecule has 4 rings (SSSR count). The van der Waals surface area contributed by atoms with Gasteiger partial charge in [-0.15, -0.1) is 0 Å². The highest BCUT2D eigenvalue weighted by Crippen LogP contribution is 2.27. The number of likely N-dealkylation sites (tertiary alicyclic amines) is 1. The maximum atomic E-state index is 13.1. The molecule has 0 saturated carbocycles. The summed E-state index contributed by atoms with van der Waals surface area (Å²) in [6.45, 7) is 2.57. The molecule has 0 radical (unpaired) electrons. The van der Waals surface area contributed by atoms with Crippen molar-refractivity contribution in [2.24, 2.45) is 0 Å². The first-order valence-corrected chi connectivity index (χ1v) is 12.6. The highest BCUT2D eigenvalue weighted by atomic mass is 32.2. The minimum Gasteiger partial charge on any atom is -0.376 e. The molecule has 1 aromatic carbocycles. The normalized spacial score (nSPS) is 19.6. The van der Waals surface area contributed by atoms with Gasteiger partial charge in [0.25, 0.3) is 0 Å². The van der Waals surface area contributed by atoms with Crippen LogP contribution in [0, 0.1) is 0 Å². The van der Waals surface area contributed by atoms with Crippen molar-refractivity contribution in [2.45, 2.75) is 49.6 Å². The summed E-state index contributed by atoms with van der Waals surface area (Å²) in [5, 5.41) is 3.20. The first-order chi connectivity index (χ1) is 14.9. The van der Waals surface area contributed by atoms with Crippen molar-refractivity contribution in [2.75, 3.05) is 32.0 Å². The van der Waals surface area contributed by atoms with Crippen LogP contribution in [0.15, 0.2) is 35.4 Å². The van der Waals surface area contributed by atoms with Crippen LogP contribution in [0.3, 0.4) is 0 Å². The smallest absolute Gasteiger partial charge is 0.242 e. The van der Waals surface area contributed by atoms with Gasteiger partial charge in [-0.1, -0.05) is 18.2 Å². The maximum Gasteiger partial charge on any atom is 0.242 e. The van der Waals surface area contributed by atoms with Crippen LogP contribution in [-0.2, 0) is 30.7 Å². The van der Waals surface area contributed by atoms with E-state index in [9.17, 15) is 18.0 Å². The number of piperidine rings is 1. The van der Waals surface area contributed by atoms with E-state index in [2.05, 4.69) is 5.32 Å². The minimum atomic E-state index is -3.87. The number of para-hydroxylation sites is 1. The summed E-state index contributed by atoms with van der Waals surface area (Å²) < 4.78 is 33.3. The van der Waals surface area contributed by atoms with Gasteiger partial charge in [0.2, 0.25) is 11.8 Å². The van der Waals surface area contributed by atoms with Crippen molar-refractivity contribution in [1.29, 1.82) is 0 Å². The van der Waals surface area contributed by atoms with E-state index < -0.39 is 21.5 Å². The van der Waals surface area contributed by atoms with E-state index in [1.165, 1.54) is 6.20 Å². The predicted molar refractivity (Wildman–Crippen MR) is 116 cm³/mol. The number of nitrogens with zero attached hydrogens (tertiary/aromatic N) is 2. The Kier molecular flexibility index (Phi) is 6.62. The largest absolute Gasteiger partial charge is 0.376 e. The van der Waals surface area contributed by atoms with Crippen molar-refractivity contribution >= 4 is 32.6 Å². The van der Waals surface area contributed by atoms with E-state index in [-0.39, 0.29) is 23.5 Å². The zero-order valence-electron chi connectivity index (χ0n) is 17.6. The minimum absolute atomic E-state index is 0.0151. The van der Waals surface area contributed by atoms with Gasteiger partial charge in [0.1, 0.15) is 12.3 Å². The number of carbonyl (C=O) groups excluding carboxylic acids is 2. The molecular formula is C22H29N3O5S. The van der Waals surface area contributed by atoms with Crippen LogP contribution in [0.2, 0.25) is 0 Å². The third-order valence-electron chi connectivity index (χ3n) is 5.97. The fourth-order valence-corrected chi connectivity index (χ4v) is 5.71. The van der Waals surface area contributed by atoms with Gasteiger partial charge >= 0.3 is 0 Å². The molecule has 2 saturated heterocycles. The number of sulfone groups is 1. The molecule has 0 aliphatic carbocycles. The van der Waals surface area contributed by atoms with Gasteiger partial charge in [-0.25, -0.2) is 8.42 Å². The molecule has 31 heavy (non-hydrogen) atoms. The van der Waals surface area contributed by atoms with Crippen LogP contribution in [0.5, 0.6) is 0 Å². The van der Waals surface area contributed by atoms with Crippen LogP contribution < -0.4 is 5.32 Å². The lowest BCUT2D eigenvalue weighted by Crippen LogP contribution is -2.37. The van der Waals surface area contributed by atoms with Crippen molar-refractivity contribution < 1.29 is 22.7 Å². The van der Waals surface area contributed by atoms with E-state index in [1.54, 1.807) is 22.8 Å². The number of amides is 2. The number of carbonyl (C=O) groups is 2. The van der Waals surface area contributed by atoms with Crippen LogP contribution in [0.1, 0.15) is 32.1 Å². The molecular weight excluding hydrogens is 418 g/mol. The van der Waals surface area contributed by atoms with Gasteiger partial charge in [-0.2, -0.15) is 0 Å². The number of hydrogen-bond donors (Lipinski definition) is 1. The number of aromatic nitrogens is 1. The Morgan fingerprint density at radius 3 is 2.61 bits per heavy atom. The standard InChI is InChI=1S/C22H29N3O5S/c26-21(23-13-17-7-6-12-30-17)16-31(28,29)20-14-25(19-9-3-2-8-18(19)20)15-22(27)24-10-4-1-5-11-24/h2-3,8-9,14,17H,1,4-7,10-13,15-16H2,(H,23,26). The molecule has 1 N–H and O–H groups in total. The van der Waals surface area contributed by atoms with Crippen LogP contribution in [0.25, 0.3) is 10.9 Å². The van der Waals surface area contributed by atoms with Gasteiger partial charge in [-0.05, 0) is 38.2 Å². The van der Waals surface area contributed by atoms with Gasteiger partial charge in [-0.3, -0.25) is 9.59 Å². The van der Waals surface area contributed by atoms with Crippen molar-refractivity contribution in [3.05, 3.63) is 30.5 Å². The number of benzene rings is 1. The Morgan fingerprint density at radius 1 is 1.10 bits per heavy atom. The Bertz CT molecular complexity index is 1050. The van der Waals surface area contributed by atoms with Crippen molar-refractivity contribution in [1.82, 2.24) is 14.8 Å². The Balaban J connectivity index is 1.51. The number of hydrogen-bond acceptors (Lipinski definition) is 5. The molecule has 2 aliphatic rings. The summed E-state index contributed by atoms with van der Waals surface area (Å²) in [6.07, 6.45) is 6.40. The molecule has 1 unspecified atom stereocenters. The highest BCUT2D eigenvalue weighted by Gasteiger charge is 2.26. The fraction of sp³-hybridized carbons (Fsp3) is 0.545.